The van der Waals surface area contributed by atoms with Gasteiger partial charge in [-0.15, -0.1) is 0 Å². The molecule has 0 aromatic heterocycles. The van der Waals surface area contributed by atoms with Crippen molar-refractivity contribution in [3.63, 3.8) is 0 Å². The van der Waals surface area contributed by atoms with Gasteiger partial charge in [-0.25, -0.2) is 4.79 Å². The predicted molar refractivity (Wildman–Crippen MR) is 55.3 cm³/mol. The Morgan fingerprint density at radius 3 is 2.73 bits per heavy atom. The third kappa shape index (κ3) is 3.51. The third-order valence-electron chi connectivity index (χ3n) is 2.54. The standard InChI is InChI=1S/C10H18N2O3/c1-7(10(14)15-2)12-9(13)8-5-3-4-6-11-8/h7-8,11H,3-6H2,1-2H3,(H,12,13)/t7-,8+/m1/s1. The molecule has 0 unspecified atom stereocenters. The fourth-order valence-corrected chi connectivity index (χ4v) is 1.63. The Labute approximate surface area is 89.6 Å². The Hall–Kier alpha value is -1.10. The van der Waals surface area contributed by atoms with Crippen LogP contribution in [0.3, 0.4) is 0 Å². The summed E-state index contributed by atoms with van der Waals surface area (Å²) >= 11 is 0. The van der Waals surface area contributed by atoms with Crippen LogP contribution in [0.5, 0.6) is 0 Å². The number of amides is 1. The fraction of sp³-hybridized carbons (Fsp3) is 0.800. The van der Waals surface area contributed by atoms with Gasteiger partial charge in [0.15, 0.2) is 0 Å². The zero-order valence-electron chi connectivity index (χ0n) is 9.21. The minimum atomic E-state index is -0.578. The summed E-state index contributed by atoms with van der Waals surface area (Å²) in [5.41, 5.74) is 0. The van der Waals surface area contributed by atoms with Crippen molar-refractivity contribution >= 4 is 11.9 Å². The lowest BCUT2D eigenvalue weighted by Gasteiger charge is -2.23. The van der Waals surface area contributed by atoms with Crippen molar-refractivity contribution in [2.24, 2.45) is 0 Å². The molecule has 1 aliphatic rings. The molecular formula is C10H18N2O3. The van der Waals surface area contributed by atoms with E-state index in [1.807, 2.05) is 0 Å². The van der Waals surface area contributed by atoms with Crippen LogP contribution in [0.2, 0.25) is 0 Å². The molecule has 0 spiro atoms. The van der Waals surface area contributed by atoms with Crippen LogP contribution >= 0.6 is 0 Å². The number of ether oxygens (including phenoxy) is 1. The van der Waals surface area contributed by atoms with E-state index in [-0.39, 0.29) is 11.9 Å². The SMILES string of the molecule is COC(=O)[C@@H](C)NC(=O)[C@@H]1CCCCN1. The van der Waals surface area contributed by atoms with Crippen LogP contribution in [0.4, 0.5) is 0 Å². The Bertz CT molecular complexity index is 237. The fourth-order valence-electron chi connectivity index (χ4n) is 1.63. The third-order valence-corrected chi connectivity index (χ3v) is 2.54. The highest BCUT2D eigenvalue weighted by molar-refractivity contribution is 5.87. The Morgan fingerprint density at radius 1 is 1.47 bits per heavy atom. The smallest absolute Gasteiger partial charge is 0.328 e. The molecule has 2 N–H and O–H groups in total. The maximum Gasteiger partial charge on any atom is 0.328 e. The van der Waals surface area contributed by atoms with E-state index in [0.717, 1.165) is 25.8 Å². The average molecular weight is 214 g/mol. The number of methoxy groups -OCH3 is 1. The van der Waals surface area contributed by atoms with E-state index < -0.39 is 12.0 Å². The molecule has 86 valence electrons. The lowest BCUT2D eigenvalue weighted by atomic mass is 10.0. The van der Waals surface area contributed by atoms with Crippen LogP contribution in [0.1, 0.15) is 26.2 Å². The van der Waals surface area contributed by atoms with Gasteiger partial charge in [-0.1, -0.05) is 6.42 Å². The van der Waals surface area contributed by atoms with Crippen molar-refractivity contribution in [3.8, 4) is 0 Å². The maximum absolute atomic E-state index is 11.6. The van der Waals surface area contributed by atoms with Crippen molar-refractivity contribution in [1.82, 2.24) is 10.6 Å². The number of piperidine rings is 1. The number of carbonyl (C=O) groups excluding carboxylic acids is 2. The molecule has 5 nitrogen and oxygen atoms in total. The highest BCUT2D eigenvalue weighted by Gasteiger charge is 2.23. The largest absolute Gasteiger partial charge is 0.467 e. The molecule has 1 heterocycles. The molecule has 0 aromatic rings. The molecule has 1 aliphatic heterocycles. The van der Waals surface area contributed by atoms with Crippen LogP contribution in [0.15, 0.2) is 0 Å². The van der Waals surface area contributed by atoms with Crippen LogP contribution in [0.25, 0.3) is 0 Å². The molecule has 1 amide bonds. The van der Waals surface area contributed by atoms with E-state index in [9.17, 15) is 9.59 Å². The van der Waals surface area contributed by atoms with Crippen molar-refractivity contribution in [2.75, 3.05) is 13.7 Å². The minimum absolute atomic E-state index is 0.118. The normalized spacial score (nSPS) is 22.9. The van der Waals surface area contributed by atoms with Gasteiger partial charge in [0, 0.05) is 0 Å². The second-order valence-electron chi connectivity index (χ2n) is 3.76. The summed E-state index contributed by atoms with van der Waals surface area (Å²) in [5, 5.41) is 5.74. The monoisotopic (exact) mass is 214 g/mol. The van der Waals surface area contributed by atoms with Gasteiger partial charge >= 0.3 is 5.97 Å². The van der Waals surface area contributed by atoms with Gasteiger partial charge in [0.1, 0.15) is 6.04 Å². The first-order valence-corrected chi connectivity index (χ1v) is 5.26. The second kappa shape index (κ2) is 5.70. The first kappa shape index (κ1) is 12.0. The van der Waals surface area contributed by atoms with Gasteiger partial charge in [-0.2, -0.15) is 0 Å². The summed E-state index contributed by atoms with van der Waals surface area (Å²) < 4.78 is 4.53. The predicted octanol–water partition coefficient (Wildman–Crippen LogP) is -0.194. The molecule has 1 rings (SSSR count). The van der Waals surface area contributed by atoms with Crippen LogP contribution in [0, 0.1) is 0 Å². The molecule has 5 heteroatoms. The van der Waals surface area contributed by atoms with Gasteiger partial charge in [-0.05, 0) is 26.3 Å². The van der Waals surface area contributed by atoms with Gasteiger partial charge in [0.2, 0.25) is 5.91 Å². The number of nitrogens with one attached hydrogen (secondary N) is 2. The van der Waals surface area contributed by atoms with E-state index in [0.29, 0.717) is 0 Å². The lowest BCUT2D eigenvalue weighted by Crippen LogP contribution is -2.50. The Morgan fingerprint density at radius 2 is 2.20 bits per heavy atom. The van der Waals surface area contributed by atoms with Crippen molar-refractivity contribution in [1.29, 1.82) is 0 Å². The summed E-state index contributed by atoms with van der Waals surface area (Å²) in [5.74, 6) is -0.535. The Balaban J connectivity index is 2.36. The zero-order valence-corrected chi connectivity index (χ0v) is 9.21. The van der Waals surface area contributed by atoms with E-state index in [1.54, 1.807) is 6.92 Å². The lowest BCUT2D eigenvalue weighted by molar-refractivity contribution is -0.144. The number of esters is 1. The van der Waals surface area contributed by atoms with Crippen molar-refractivity contribution in [2.45, 2.75) is 38.3 Å². The Kier molecular flexibility index (Phi) is 4.55. The average Bonchev–Trinajstić information content (AvgIpc) is 2.29. The van der Waals surface area contributed by atoms with E-state index in [1.165, 1.54) is 7.11 Å². The quantitative estimate of drug-likeness (QED) is 0.639. The minimum Gasteiger partial charge on any atom is -0.467 e. The first-order chi connectivity index (χ1) is 7.15. The van der Waals surface area contributed by atoms with Gasteiger partial charge in [-0.3, -0.25) is 4.79 Å². The van der Waals surface area contributed by atoms with Gasteiger partial charge < -0.3 is 15.4 Å². The summed E-state index contributed by atoms with van der Waals surface area (Å²) in [6, 6.07) is -0.739. The molecule has 0 radical (unpaired) electrons. The van der Waals surface area contributed by atoms with Crippen molar-refractivity contribution < 1.29 is 14.3 Å². The molecule has 0 bridgehead atoms. The van der Waals surface area contributed by atoms with Gasteiger partial charge in [0.05, 0.1) is 13.2 Å². The van der Waals surface area contributed by atoms with E-state index in [4.69, 9.17) is 0 Å². The molecular weight excluding hydrogens is 196 g/mol. The zero-order chi connectivity index (χ0) is 11.3. The molecule has 0 aromatic carbocycles. The summed E-state index contributed by atoms with van der Waals surface area (Å²) in [7, 11) is 1.31. The van der Waals surface area contributed by atoms with Crippen LogP contribution in [-0.4, -0.2) is 37.6 Å². The van der Waals surface area contributed by atoms with Crippen molar-refractivity contribution in [3.05, 3.63) is 0 Å². The second-order valence-corrected chi connectivity index (χ2v) is 3.76. The molecule has 2 atom stereocenters. The number of hydrogen-bond donors (Lipinski definition) is 2. The molecule has 15 heavy (non-hydrogen) atoms. The highest BCUT2D eigenvalue weighted by atomic mass is 16.5. The number of rotatable bonds is 3. The molecule has 0 aliphatic carbocycles. The highest BCUT2D eigenvalue weighted by Crippen LogP contribution is 2.07. The van der Waals surface area contributed by atoms with Gasteiger partial charge in [0.25, 0.3) is 0 Å². The van der Waals surface area contributed by atoms with E-state index in [2.05, 4.69) is 15.4 Å². The van der Waals surface area contributed by atoms with Crippen LogP contribution in [-0.2, 0) is 14.3 Å². The number of hydrogen-bond acceptors (Lipinski definition) is 4. The summed E-state index contributed by atoms with van der Waals surface area (Å²) in [6.07, 6.45) is 2.99. The first-order valence-electron chi connectivity index (χ1n) is 5.26. The van der Waals surface area contributed by atoms with Crippen LogP contribution < -0.4 is 10.6 Å². The van der Waals surface area contributed by atoms with E-state index >= 15 is 0 Å². The number of carbonyl (C=O) groups is 2. The molecule has 0 saturated carbocycles. The topological polar surface area (TPSA) is 67.4 Å². The summed E-state index contributed by atoms with van der Waals surface area (Å²) in [4.78, 5) is 22.7. The molecule has 1 fully saturated rings. The summed E-state index contributed by atoms with van der Waals surface area (Å²) in [6.45, 7) is 2.48. The molecule has 1 saturated heterocycles. The maximum atomic E-state index is 11.6.